The summed E-state index contributed by atoms with van der Waals surface area (Å²) in [6.07, 6.45) is 0.811. The molecular weight excluding hydrogens is 309 g/mol. The van der Waals surface area contributed by atoms with Crippen LogP contribution >= 0.6 is 23.2 Å². The summed E-state index contributed by atoms with van der Waals surface area (Å²) in [5, 5.41) is 0.909. The predicted octanol–water partition coefficient (Wildman–Crippen LogP) is 4.41. The van der Waals surface area contributed by atoms with E-state index >= 15 is 0 Å². The molecule has 0 saturated heterocycles. The van der Waals surface area contributed by atoms with Crippen LogP contribution in [0.1, 0.15) is 15.9 Å². The summed E-state index contributed by atoms with van der Waals surface area (Å²) in [5.74, 6) is 1.10. The Morgan fingerprint density at radius 1 is 1.14 bits per heavy atom. The molecular formula is C16H13Cl2NO2. The van der Waals surface area contributed by atoms with Gasteiger partial charge >= 0.3 is 0 Å². The first-order chi connectivity index (χ1) is 10.1. The zero-order valence-corrected chi connectivity index (χ0v) is 12.9. The van der Waals surface area contributed by atoms with Crippen LogP contribution in [0.25, 0.3) is 0 Å². The van der Waals surface area contributed by atoms with Crippen molar-refractivity contribution >= 4 is 29.1 Å². The molecule has 0 saturated carbocycles. The smallest absolute Gasteiger partial charge is 0.253 e. The summed E-state index contributed by atoms with van der Waals surface area (Å²) < 4.78 is 5.78. The number of fused-ring (bicyclic) bond motifs is 1. The van der Waals surface area contributed by atoms with Gasteiger partial charge in [-0.3, -0.25) is 4.79 Å². The number of nitrogens with zero attached hydrogens (tertiary/aromatic N) is 1. The molecule has 0 aromatic heterocycles. The van der Waals surface area contributed by atoms with Crippen molar-refractivity contribution in [2.45, 2.75) is 6.42 Å². The standard InChI is InChI=1S/C16H13Cl2NO2/c1-19-8-7-10-9-11(5-6-12(10)16(19)20)21-15-13(17)3-2-4-14(15)18/h2-6,9H,7-8H2,1H3. The minimum atomic E-state index is 0.0403. The second-order valence-electron chi connectivity index (χ2n) is 4.95. The van der Waals surface area contributed by atoms with E-state index in [-0.39, 0.29) is 5.91 Å². The maximum atomic E-state index is 12.0. The first kappa shape index (κ1) is 14.2. The average Bonchev–Trinajstić information content (AvgIpc) is 2.47. The summed E-state index contributed by atoms with van der Waals surface area (Å²) in [5.41, 5.74) is 1.71. The molecule has 3 nitrogen and oxygen atoms in total. The van der Waals surface area contributed by atoms with Gasteiger partial charge in [-0.05, 0) is 42.3 Å². The van der Waals surface area contributed by atoms with Gasteiger partial charge in [-0.15, -0.1) is 0 Å². The molecule has 1 aliphatic heterocycles. The molecule has 0 spiro atoms. The summed E-state index contributed by atoms with van der Waals surface area (Å²) >= 11 is 12.2. The quantitative estimate of drug-likeness (QED) is 0.819. The minimum Gasteiger partial charge on any atom is -0.454 e. The number of ether oxygens (including phenoxy) is 1. The second-order valence-corrected chi connectivity index (χ2v) is 5.76. The molecule has 2 aromatic carbocycles. The Hall–Kier alpha value is -1.71. The summed E-state index contributed by atoms with van der Waals surface area (Å²) in [4.78, 5) is 13.8. The van der Waals surface area contributed by atoms with Gasteiger partial charge in [-0.2, -0.15) is 0 Å². The normalized spacial score (nSPS) is 14.0. The lowest BCUT2D eigenvalue weighted by molar-refractivity contribution is 0.0781. The van der Waals surface area contributed by atoms with Gasteiger partial charge in [0, 0.05) is 19.2 Å². The predicted molar refractivity (Wildman–Crippen MR) is 83.6 cm³/mol. The van der Waals surface area contributed by atoms with Gasteiger partial charge in [0.2, 0.25) is 0 Å². The largest absolute Gasteiger partial charge is 0.454 e. The first-order valence-electron chi connectivity index (χ1n) is 6.56. The fourth-order valence-corrected chi connectivity index (χ4v) is 2.82. The Labute approximate surface area is 133 Å². The van der Waals surface area contributed by atoms with Crippen molar-refractivity contribution in [2.75, 3.05) is 13.6 Å². The van der Waals surface area contributed by atoms with Crippen molar-refractivity contribution < 1.29 is 9.53 Å². The van der Waals surface area contributed by atoms with Gasteiger partial charge in [0.05, 0.1) is 10.0 Å². The van der Waals surface area contributed by atoms with Gasteiger partial charge in [-0.25, -0.2) is 0 Å². The molecule has 0 radical (unpaired) electrons. The third-order valence-corrected chi connectivity index (χ3v) is 4.10. The Balaban J connectivity index is 1.93. The lowest BCUT2D eigenvalue weighted by atomic mass is 9.99. The van der Waals surface area contributed by atoms with Crippen LogP contribution in [-0.2, 0) is 6.42 Å². The van der Waals surface area contributed by atoms with Gasteiger partial charge in [-0.1, -0.05) is 29.3 Å². The van der Waals surface area contributed by atoms with Crippen molar-refractivity contribution in [3.05, 3.63) is 57.6 Å². The molecule has 2 aromatic rings. The van der Waals surface area contributed by atoms with Gasteiger partial charge < -0.3 is 9.64 Å². The molecule has 0 aliphatic carbocycles. The van der Waals surface area contributed by atoms with Crippen molar-refractivity contribution in [2.24, 2.45) is 0 Å². The van der Waals surface area contributed by atoms with E-state index in [1.807, 2.05) is 6.07 Å². The van der Waals surface area contributed by atoms with Crippen LogP contribution in [0.3, 0.4) is 0 Å². The Morgan fingerprint density at radius 3 is 2.57 bits per heavy atom. The molecule has 1 amide bonds. The lowest BCUT2D eigenvalue weighted by Crippen LogP contribution is -2.34. The number of hydrogen-bond donors (Lipinski definition) is 0. The molecule has 0 atom stereocenters. The number of carbonyl (C=O) groups excluding carboxylic acids is 1. The minimum absolute atomic E-state index is 0.0403. The maximum absolute atomic E-state index is 12.0. The van der Waals surface area contributed by atoms with Gasteiger partial charge in [0.1, 0.15) is 5.75 Å². The number of halogens is 2. The molecule has 0 unspecified atom stereocenters. The molecule has 1 aliphatic rings. The fraction of sp³-hybridized carbons (Fsp3) is 0.188. The highest BCUT2D eigenvalue weighted by Gasteiger charge is 2.22. The summed E-state index contributed by atoms with van der Waals surface area (Å²) in [7, 11) is 1.80. The first-order valence-corrected chi connectivity index (χ1v) is 7.32. The molecule has 3 rings (SSSR count). The molecule has 0 bridgehead atoms. The Kier molecular flexibility index (Phi) is 3.79. The molecule has 5 heteroatoms. The van der Waals surface area contributed by atoms with Crippen molar-refractivity contribution in [3.8, 4) is 11.5 Å². The van der Waals surface area contributed by atoms with Crippen LogP contribution in [0.15, 0.2) is 36.4 Å². The number of carbonyl (C=O) groups is 1. The van der Waals surface area contributed by atoms with Crippen LogP contribution in [0, 0.1) is 0 Å². The third kappa shape index (κ3) is 2.71. The maximum Gasteiger partial charge on any atom is 0.253 e. The third-order valence-electron chi connectivity index (χ3n) is 3.51. The van der Waals surface area contributed by atoms with E-state index in [0.29, 0.717) is 28.1 Å². The Bertz CT molecular complexity index is 695. The number of likely N-dealkylation sites (N-methyl/N-ethyl adjacent to an activating group) is 1. The number of rotatable bonds is 2. The van der Waals surface area contributed by atoms with Crippen molar-refractivity contribution in [1.29, 1.82) is 0 Å². The lowest BCUT2D eigenvalue weighted by Gasteiger charge is -2.25. The van der Waals surface area contributed by atoms with Crippen LogP contribution in [0.2, 0.25) is 10.0 Å². The zero-order valence-electron chi connectivity index (χ0n) is 11.4. The van der Waals surface area contributed by atoms with E-state index in [4.69, 9.17) is 27.9 Å². The summed E-state index contributed by atoms with van der Waals surface area (Å²) in [6, 6.07) is 10.6. The highest BCUT2D eigenvalue weighted by molar-refractivity contribution is 6.37. The second kappa shape index (κ2) is 5.58. The average molecular weight is 322 g/mol. The Morgan fingerprint density at radius 2 is 1.86 bits per heavy atom. The SMILES string of the molecule is CN1CCc2cc(Oc3c(Cl)cccc3Cl)ccc2C1=O. The van der Waals surface area contributed by atoms with E-state index in [2.05, 4.69) is 0 Å². The van der Waals surface area contributed by atoms with Crippen LogP contribution in [0.4, 0.5) is 0 Å². The summed E-state index contributed by atoms with van der Waals surface area (Å²) in [6.45, 7) is 0.710. The van der Waals surface area contributed by atoms with Crippen LogP contribution < -0.4 is 4.74 Å². The molecule has 21 heavy (non-hydrogen) atoms. The fourth-order valence-electron chi connectivity index (χ4n) is 2.34. The highest BCUT2D eigenvalue weighted by Crippen LogP contribution is 2.36. The van der Waals surface area contributed by atoms with E-state index in [0.717, 1.165) is 17.5 Å². The number of benzene rings is 2. The topological polar surface area (TPSA) is 29.5 Å². The van der Waals surface area contributed by atoms with E-state index in [1.54, 1.807) is 42.3 Å². The molecule has 1 heterocycles. The number of para-hydroxylation sites is 1. The number of amides is 1. The molecule has 0 fully saturated rings. The van der Waals surface area contributed by atoms with E-state index in [1.165, 1.54) is 0 Å². The van der Waals surface area contributed by atoms with Crippen molar-refractivity contribution in [3.63, 3.8) is 0 Å². The van der Waals surface area contributed by atoms with Gasteiger partial charge in [0.25, 0.3) is 5.91 Å². The monoisotopic (exact) mass is 321 g/mol. The van der Waals surface area contributed by atoms with Crippen LogP contribution in [-0.4, -0.2) is 24.4 Å². The van der Waals surface area contributed by atoms with E-state index in [9.17, 15) is 4.79 Å². The number of hydrogen-bond acceptors (Lipinski definition) is 2. The van der Waals surface area contributed by atoms with Crippen LogP contribution in [0.5, 0.6) is 11.5 Å². The molecule has 108 valence electrons. The van der Waals surface area contributed by atoms with E-state index < -0.39 is 0 Å². The zero-order chi connectivity index (χ0) is 15.0. The van der Waals surface area contributed by atoms with Gasteiger partial charge in [0.15, 0.2) is 5.75 Å². The highest BCUT2D eigenvalue weighted by atomic mass is 35.5. The molecule has 0 N–H and O–H groups in total. The van der Waals surface area contributed by atoms with Crippen molar-refractivity contribution in [1.82, 2.24) is 4.90 Å².